The van der Waals surface area contributed by atoms with Crippen molar-refractivity contribution in [3.05, 3.63) is 45.9 Å². The first-order chi connectivity index (χ1) is 7.18. The summed E-state index contributed by atoms with van der Waals surface area (Å²) >= 11 is 3.29. The van der Waals surface area contributed by atoms with Gasteiger partial charge in [-0.05, 0) is 24.3 Å². The van der Waals surface area contributed by atoms with Crippen molar-refractivity contribution in [1.29, 1.82) is 0 Å². The molecule has 1 atom stereocenters. The third kappa shape index (κ3) is 2.21. The fourth-order valence-corrected chi connectivity index (χ4v) is 1.94. The van der Waals surface area contributed by atoms with Gasteiger partial charge in [0.1, 0.15) is 11.6 Å². The van der Waals surface area contributed by atoms with Gasteiger partial charge >= 0.3 is 0 Å². The van der Waals surface area contributed by atoms with E-state index in [1.807, 2.05) is 6.08 Å². The molecule has 0 aromatic heterocycles. The van der Waals surface area contributed by atoms with Gasteiger partial charge in [-0.1, -0.05) is 15.9 Å². The number of hydrogen-bond acceptors (Lipinski definition) is 2. The largest absolute Gasteiger partial charge is 0.496 e. The number of rotatable bonds is 2. The summed E-state index contributed by atoms with van der Waals surface area (Å²) < 4.78 is 19.6. The number of hydrogen-bond donors (Lipinski definition) is 1. The molecule has 0 radical (unpaired) electrons. The monoisotopic (exact) mass is 271 g/mol. The van der Waals surface area contributed by atoms with Crippen molar-refractivity contribution < 1.29 is 9.13 Å². The van der Waals surface area contributed by atoms with Crippen LogP contribution in [0.4, 0.5) is 4.39 Å². The first kappa shape index (κ1) is 10.6. The predicted octanol–water partition coefficient (Wildman–Crippen LogP) is 2.89. The highest BCUT2D eigenvalue weighted by Crippen LogP contribution is 2.28. The molecule has 0 saturated carbocycles. The molecule has 2 nitrogen and oxygen atoms in total. The Kier molecular flexibility index (Phi) is 3.07. The molecule has 0 amide bonds. The van der Waals surface area contributed by atoms with Gasteiger partial charge in [-0.25, -0.2) is 4.39 Å². The SMILES string of the molecule is NC(C1=CCCO1)c1cc(Br)ccc1F. The van der Waals surface area contributed by atoms with Crippen LogP contribution in [-0.2, 0) is 4.74 Å². The number of nitrogens with two attached hydrogens (primary N) is 1. The lowest BCUT2D eigenvalue weighted by Crippen LogP contribution is -2.15. The molecule has 15 heavy (non-hydrogen) atoms. The van der Waals surface area contributed by atoms with E-state index in [-0.39, 0.29) is 5.82 Å². The van der Waals surface area contributed by atoms with Crippen LogP contribution >= 0.6 is 15.9 Å². The van der Waals surface area contributed by atoms with Gasteiger partial charge in [-0.15, -0.1) is 0 Å². The maximum absolute atomic E-state index is 13.5. The van der Waals surface area contributed by atoms with Crippen LogP contribution in [0.1, 0.15) is 18.0 Å². The summed E-state index contributed by atoms with van der Waals surface area (Å²) in [5.74, 6) is 0.356. The summed E-state index contributed by atoms with van der Waals surface area (Å²) in [5.41, 5.74) is 6.37. The van der Waals surface area contributed by atoms with Crippen molar-refractivity contribution in [2.75, 3.05) is 6.61 Å². The van der Waals surface area contributed by atoms with Crippen LogP contribution in [0.15, 0.2) is 34.5 Å². The zero-order valence-electron chi connectivity index (χ0n) is 8.04. The highest BCUT2D eigenvalue weighted by atomic mass is 79.9. The molecule has 1 aromatic rings. The summed E-state index contributed by atoms with van der Waals surface area (Å²) in [6, 6.07) is 4.22. The Morgan fingerprint density at radius 1 is 1.47 bits per heavy atom. The normalized spacial score (nSPS) is 17.1. The van der Waals surface area contributed by atoms with Gasteiger partial charge in [0.2, 0.25) is 0 Å². The second kappa shape index (κ2) is 4.33. The van der Waals surface area contributed by atoms with Gasteiger partial charge in [0.15, 0.2) is 0 Å². The van der Waals surface area contributed by atoms with Gasteiger partial charge in [0.05, 0.1) is 12.6 Å². The standard InChI is InChI=1S/C11H11BrFNO/c12-7-3-4-9(13)8(6-7)11(14)10-2-1-5-15-10/h2-4,6,11H,1,5,14H2. The molecule has 2 rings (SSSR count). The molecule has 0 saturated heterocycles. The topological polar surface area (TPSA) is 35.2 Å². The Morgan fingerprint density at radius 3 is 2.93 bits per heavy atom. The number of benzene rings is 1. The van der Waals surface area contributed by atoms with Crippen LogP contribution in [0.25, 0.3) is 0 Å². The molecule has 1 aromatic carbocycles. The zero-order chi connectivity index (χ0) is 10.8. The minimum absolute atomic E-state index is 0.304. The predicted molar refractivity (Wildman–Crippen MR) is 59.7 cm³/mol. The van der Waals surface area contributed by atoms with E-state index in [1.165, 1.54) is 6.07 Å². The minimum atomic E-state index is -0.509. The summed E-state index contributed by atoms with van der Waals surface area (Å²) in [7, 11) is 0. The first-order valence-corrected chi connectivity index (χ1v) is 5.51. The van der Waals surface area contributed by atoms with Crippen LogP contribution in [-0.4, -0.2) is 6.61 Å². The van der Waals surface area contributed by atoms with Gasteiger partial charge < -0.3 is 10.5 Å². The van der Waals surface area contributed by atoms with E-state index in [1.54, 1.807) is 12.1 Å². The summed E-state index contributed by atoms with van der Waals surface area (Å²) in [4.78, 5) is 0. The van der Waals surface area contributed by atoms with Crippen LogP contribution in [0.3, 0.4) is 0 Å². The maximum atomic E-state index is 13.5. The van der Waals surface area contributed by atoms with Crippen LogP contribution in [0.2, 0.25) is 0 Å². The number of halogens is 2. The van der Waals surface area contributed by atoms with E-state index in [2.05, 4.69) is 15.9 Å². The molecule has 1 unspecified atom stereocenters. The quantitative estimate of drug-likeness (QED) is 0.898. The van der Waals surface area contributed by atoms with Crippen molar-refractivity contribution in [1.82, 2.24) is 0 Å². The Morgan fingerprint density at radius 2 is 2.27 bits per heavy atom. The zero-order valence-corrected chi connectivity index (χ0v) is 9.63. The minimum Gasteiger partial charge on any atom is -0.496 e. The Balaban J connectivity index is 2.31. The van der Waals surface area contributed by atoms with Crippen LogP contribution in [0, 0.1) is 5.82 Å². The average molecular weight is 272 g/mol. The smallest absolute Gasteiger partial charge is 0.128 e. The molecule has 0 fully saturated rings. The second-order valence-corrected chi connectivity index (χ2v) is 4.30. The Labute approximate surface area is 96.0 Å². The summed E-state index contributed by atoms with van der Waals surface area (Å²) in [5, 5.41) is 0. The molecule has 0 bridgehead atoms. The second-order valence-electron chi connectivity index (χ2n) is 3.39. The molecule has 2 N–H and O–H groups in total. The Hall–Kier alpha value is -0.870. The van der Waals surface area contributed by atoms with Gasteiger partial charge in [-0.2, -0.15) is 0 Å². The fraction of sp³-hybridized carbons (Fsp3) is 0.273. The van der Waals surface area contributed by atoms with E-state index in [0.717, 1.165) is 10.9 Å². The van der Waals surface area contributed by atoms with Crippen LogP contribution < -0.4 is 5.73 Å². The van der Waals surface area contributed by atoms with Gasteiger partial charge in [0, 0.05) is 16.5 Å². The summed E-state index contributed by atoms with van der Waals surface area (Å²) in [6.45, 7) is 0.638. The molecule has 0 spiro atoms. The fourth-order valence-electron chi connectivity index (χ4n) is 1.56. The van der Waals surface area contributed by atoms with Crippen molar-refractivity contribution in [2.24, 2.45) is 5.73 Å². The molecule has 80 valence electrons. The molecule has 1 aliphatic rings. The van der Waals surface area contributed by atoms with Crippen molar-refractivity contribution in [3.63, 3.8) is 0 Å². The van der Waals surface area contributed by atoms with E-state index in [4.69, 9.17) is 10.5 Å². The molecular formula is C11H11BrFNO. The molecule has 1 heterocycles. The molecular weight excluding hydrogens is 261 g/mol. The van der Waals surface area contributed by atoms with Crippen molar-refractivity contribution in [2.45, 2.75) is 12.5 Å². The van der Waals surface area contributed by atoms with E-state index in [9.17, 15) is 4.39 Å². The maximum Gasteiger partial charge on any atom is 0.128 e. The Bertz CT molecular complexity index is 406. The highest BCUT2D eigenvalue weighted by molar-refractivity contribution is 9.10. The molecule has 4 heteroatoms. The third-order valence-corrected chi connectivity index (χ3v) is 2.82. The van der Waals surface area contributed by atoms with Gasteiger partial charge in [0.25, 0.3) is 0 Å². The lowest BCUT2D eigenvalue weighted by atomic mass is 10.1. The molecule has 1 aliphatic heterocycles. The number of ether oxygens (including phenoxy) is 1. The van der Waals surface area contributed by atoms with E-state index >= 15 is 0 Å². The average Bonchev–Trinajstić information content (AvgIpc) is 2.74. The lowest BCUT2D eigenvalue weighted by molar-refractivity contribution is 0.224. The summed E-state index contributed by atoms with van der Waals surface area (Å²) in [6.07, 6.45) is 2.75. The van der Waals surface area contributed by atoms with E-state index in [0.29, 0.717) is 17.9 Å². The van der Waals surface area contributed by atoms with Gasteiger partial charge in [-0.3, -0.25) is 0 Å². The molecule has 0 aliphatic carbocycles. The van der Waals surface area contributed by atoms with E-state index < -0.39 is 6.04 Å². The van der Waals surface area contributed by atoms with Crippen LogP contribution in [0.5, 0.6) is 0 Å². The first-order valence-electron chi connectivity index (χ1n) is 4.72. The van der Waals surface area contributed by atoms with Crippen molar-refractivity contribution in [3.8, 4) is 0 Å². The van der Waals surface area contributed by atoms with Crippen molar-refractivity contribution >= 4 is 15.9 Å². The highest BCUT2D eigenvalue weighted by Gasteiger charge is 2.19. The lowest BCUT2D eigenvalue weighted by Gasteiger charge is -2.14. The third-order valence-electron chi connectivity index (χ3n) is 2.33.